The number of nitrogens with zero attached hydrogens (tertiary/aromatic N) is 1. The van der Waals surface area contributed by atoms with Crippen molar-refractivity contribution in [1.82, 2.24) is 0 Å². The smallest absolute Gasteiger partial charge is 0.143 e. The Labute approximate surface area is 437 Å². The molecule has 8 aromatic carbocycles. The van der Waals surface area contributed by atoms with Crippen LogP contribution in [0.2, 0.25) is 0 Å². The van der Waals surface area contributed by atoms with Gasteiger partial charge >= 0.3 is 0 Å². The molecule has 3 nitrogen and oxygen atoms in total. The van der Waals surface area contributed by atoms with E-state index in [0.29, 0.717) is 0 Å². The largest absolute Gasteiger partial charge is 0.473 e. The lowest BCUT2D eigenvalue weighted by Gasteiger charge is -2.25. The number of para-hydroxylation sites is 3. The molecule has 2 aliphatic heterocycles. The van der Waals surface area contributed by atoms with Gasteiger partial charge in [0.05, 0.1) is 18.2 Å². The Morgan fingerprint density at radius 1 is 0.459 bits per heavy atom. The lowest BCUT2D eigenvalue weighted by Crippen LogP contribution is -2.11. The number of hydrogen-bond donors (Lipinski definition) is 0. The average molecular weight is 960 g/mol. The topological polar surface area (TPSA) is 25.6 Å². The van der Waals surface area contributed by atoms with Crippen LogP contribution in [-0.4, -0.2) is 0 Å². The first-order chi connectivity index (χ1) is 36.2. The highest BCUT2D eigenvalue weighted by molar-refractivity contribution is 6.09. The van der Waals surface area contributed by atoms with Crippen LogP contribution in [0.25, 0.3) is 66.5 Å². The molecule has 1 aromatic heterocycles. The standard InChI is InChI=1S/C31H25N.C21H22O.C19H14O/c1-23-11-13-25(14-12-23)26-15-17-27(18-16-26)28-19-20-31-30(22-28)24(2)8-6-7-21-32(31)29-9-4-3-5-10-29;1-4-7-19-9-11-20(12-10-19)21-13-15-22-14-6-5-8-17(2)18(3)16-21;1-13-9-11-14(12-10-13)15-6-4-7-17-16-5-2-3-8-18(16)20-19(15)17/h3-22H,2H2,1H3;5-6,8-16H,2-4,7H2,1H3;2-12H,1H3/b8-6-,21-7-;8-5-,14-6-,15-13-,21-16+;. The summed E-state index contributed by atoms with van der Waals surface area (Å²) in [5.41, 5.74) is 21.4. The number of furan rings is 1. The molecule has 3 heteroatoms. The summed E-state index contributed by atoms with van der Waals surface area (Å²) in [6, 6.07) is 66.3. The quantitative estimate of drug-likeness (QED) is 0.159. The third-order valence-corrected chi connectivity index (χ3v) is 13.1. The minimum atomic E-state index is 0.889. The van der Waals surface area contributed by atoms with E-state index in [-0.39, 0.29) is 0 Å². The van der Waals surface area contributed by atoms with Gasteiger partial charge < -0.3 is 14.1 Å². The molecule has 0 bridgehead atoms. The maximum absolute atomic E-state index is 6.07. The second-order valence-corrected chi connectivity index (χ2v) is 18.5. The SMILES string of the molecule is C=C1/C=C\C=C/N(c2ccccc2)c2ccc(-c3ccc(-c4ccc(C)cc4)cc3)cc21.C=C1/C=C\C=C/O/C=C\C(c2ccc(CCC)cc2)=C/C1=C.Cc1ccc(-c2cccc3c2oc2ccccc23)cc1. The fourth-order valence-electron chi connectivity index (χ4n) is 8.97. The van der Waals surface area contributed by atoms with E-state index in [4.69, 9.17) is 9.15 Å². The van der Waals surface area contributed by atoms with Gasteiger partial charge in [0.2, 0.25) is 0 Å². The van der Waals surface area contributed by atoms with Crippen molar-refractivity contribution in [1.29, 1.82) is 0 Å². The normalized spacial score (nSPS) is 16.0. The van der Waals surface area contributed by atoms with Crippen LogP contribution in [0.15, 0.2) is 291 Å². The van der Waals surface area contributed by atoms with Gasteiger partial charge in [-0.3, -0.25) is 0 Å². The number of allylic oxidation sites excluding steroid dienone is 12. The van der Waals surface area contributed by atoms with E-state index < -0.39 is 0 Å². The van der Waals surface area contributed by atoms with Crippen molar-refractivity contribution < 1.29 is 9.15 Å². The van der Waals surface area contributed by atoms with Crippen LogP contribution >= 0.6 is 0 Å². The lowest BCUT2D eigenvalue weighted by atomic mass is 9.95. The fraction of sp³-hybridized carbons (Fsp3) is 0.0704. The van der Waals surface area contributed by atoms with Crippen LogP contribution in [-0.2, 0) is 11.2 Å². The summed E-state index contributed by atoms with van der Waals surface area (Å²) in [7, 11) is 0. The number of hydrogen-bond acceptors (Lipinski definition) is 3. The molecule has 0 saturated heterocycles. The van der Waals surface area contributed by atoms with Crippen molar-refractivity contribution in [3.05, 3.63) is 314 Å². The molecule has 11 rings (SSSR count). The number of rotatable bonds is 7. The van der Waals surface area contributed by atoms with E-state index in [2.05, 4.69) is 234 Å². The van der Waals surface area contributed by atoms with E-state index in [9.17, 15) is 0 Å². The maximum atomic E-state index is 6.07. The van der Waals surface area contributed by atoms with Gasteiger partial charge in [-0.2, -0.15) is 0 Å². The second-order valence-electron chi connectivity index (χ2n) is 18.5. The van der Waals surface area contributed by atoms with Crippen molar-refractivity contribution in [3.8, 4) is 33.4 Å². The van der Waals surface area contributed by atoms with Crippen molar-refractivity contribution in [2.75, 3.05) is 4.90 Å². The molecule has 0 radical (unpaired) electrons. The maximum Gasteiger partial charge on any atom is 0.143 e. The first-order valence-electron chi connectivity index (χ1n) is 25.2. The summed E-state index contributed by atoms with van der Waals surface area (Å²) < 4.78 is 11.4. The van der Waals surface area contributed by atoms with E-state index in [1.54, 1.807) is 12.5 Å². The van der Waals surface area contributed by atoms with Crippen molar-refractivity contribution in [2.24, 2.45) is 0 Å². The van der Waals surface area contributed by atoms with Gasteiger partial charge in [0.1, 0.15) is 11.2 Å². The Bertz CT molecular complexity index is 3610. The number of fused-ring (bicyclic) bond motifs is 4. The summed E-state index contributed by atoms with van der Waals surface area (Å²) in [6.45, 7) is 18.9. The van der Waals surface area contributed by atoms with E-state index in [1.807, 2.05) is 54.7 Å². The summed E-state index contributed by atoms with van der Waals surface area (Å²) in [5.74, 6) is 0. The van der Waals surface area contributed by atoms with Crippen molar-refractivity contribution in [2.45, 2.75) is 33.6 Å². The van der Waals surface area contributed by atoms with Gasteiger partial charge in [0.15, 0.2) is 0 Å². The summed E-state index contributed by atoms with van der Waals surface area (Å²) >= 11 is 0. The van der Waals surface area contributed by atoms with E-state index in [0.717, 1.165) is 74.4 Å². The summed E-state index contributed by atoms with van der Waals surface area (Å²) in [6.07, 6.45) is 23.5. The molecule has 0 aliphatic carbocycles. The molecule has 0 spiro atoms. The minimum Gasteiger partial charge on any atom is -0.473 e. The summed E-state index contributed by atoms with van der Waals surface area (Å²) in [4.78, 5) is 2.22. The molecule has 0 atom stereocenters. The Morgan fingerprint density at radius 3 is 1.77 bits per heavy atom. The first kappa shape index (κ1) is 49.8. The van der Waals surface area contributed by atoms with Crippen LogP contribution in [0.5, 0.6) is 0 Å². The van der Waals surface area contributed by atoms with Crippen LogP contribution in [0.4, 0.5) is 11.4 Å². The van der Waals surface area contributed by atoms with Gasteiger partial charge in [-0.25, -0.2) is 0 Å². The molecule has 362 valence electrons. The molecule has 0 unspecified atom stereocenters. The molecule has 0 saturated carbocycles. The molecule has 0 amide bonds. The molecule has 74 heavy (non-hydrogen) atoms. The Hall–Kier alpha value is -9.18. The molecule has 9 aromatic rings. The highest BCUT2D eigenvalue weighted by Crippen LogP contribution is 2.38. The van der Waals surface area contributed by atoms with Gasteiger partial charge in [-0.1, -0.05) is 226 Å². The monoisotopic (exact) mass is 959 g/mol. The predicted molar refractivity (Wildman–Crippen MR) is 317 cm³/mol. The van der Waals surface area contributed by atoms with E-state index in [1.165, 1.54) is 55.3 Å². The Balaban J connectivity index is 0.000000141. The Kier molecular flexibility index (Phi) is 16.0. The van der Waals surface area contributed by atoms with Crippen molar-refractivity contribution >= 4 is 44.5 Å². The third-order valence-electron chi connectivity index (χ3n) is 13.1. The van der Waals surface area contributed by atoms with Crippen LogP contribution in [0, 0.1) is 13.8 Å². The van der Waals surface area contributed by atoms with Crippen molar-refractivity contribution in [3.63, 3.8) is 0 Å². The highest BCUT2D eigenvalue weighted by Gasteiger charge is 2.16. The number of anilines is 2. The molecular formula is C71H61NO2. The highest BCUT2D eigenvalue weighted by atomic mass is 16.5. The van der Waals surface area contributed by atoms with Crippen LogP contribution in [0.3, 0.4) is 0 Å². The zero-order valence-corrected chi connectivity index (χ0v) is 42.5. The molecular weight excluding hydrogens is 899 g/mol. The molecule has 3 heterocycles. The first-order valence-corrected chi connectivity index (χ1v) is 25.2. The Morgan fingerprint density at radius 2 is 1.05 bits per heavy atom. The minimum absolute atomic E-state index is 0.889. The van der Waals surface area contributed by atoms with Gasteiger partial charge in [0, 0.05) is 33.8 Å². The number of ether oxygens (including phenoxy) is 1. The summed E-state index contributed by atoms with van der Waals surface area (Å²) in [5, 5.41) is 2.36. The predicted octanol–water partition coefficient (Wildman–Crippen LogP) is 19.9. The fourth-order valence-corrected chi connectivity index (χ4v) is 8.97. The second kappa shape index (κ2) is 23.8. The average Bonchev–Trinajstić information content (AvgIpc) is 3.81. The van der Waals surface area contributed by atoms with Crippen LogP contribution in [0.1, 0.15) is 41.2 Å². The number of aryl methyl sites for hydroxylation is 3. The zero-order chi connectivity index (χ0) is 51.2. The number of benzene rings is 8. The molecule has 2 aliphatic rings. The van der Waals surface area contributed by atoms with Gasteiger partial charge in [0.25, 0.3) is 0 Å². The van der Waals surface area contributed by atoms with Gasteiger partial charge in [-0.05, 0) is 136 Å². The molecule has 0 fully saturated rings. The zero-order valence-electron chi connectivity index (χ0n) is 42.5. The van der Waals surface area contributed by atoms with E-state index >= 15 is 0 Å². The van der Waals surface area contributed by atoms with Gasteiger partial charge in [-0.15, -0.1) is 0 Å². The molecule has 0 N–H and O–H groups in total. The van der Waals surface area contributed by atoms with Crippen LogP contribution < -0.4 is 4.90 Å². The third kappa shape index (κ3) is 12.1. The lowest BCUT2D eigenvalue weighted by molar-refractivity contribution is 0.403.